The summed E-state index contributed by atoms with van der Waals surface area (Å²) in [5.74, 6) is 0.837. The van der Waals surface area contributed by atoms with Crippen LogP contribution in [0.5, 0.6) is 0 Å². The zero-order valence-electron chi connectivity index (χ0n) is 14.4. The van der Waals surface area contributed by atoms with Crippen molar-refractivity contribution < 1.29 is 4.79 Å². The molecule has 1 saturated carbocycles. The van der Waals surface area contributed by atoms with Gasteiger partial charge in [-0.1, -0.05) is 37.5 Å². The molecule has 1 aliphatic rings. The second kappa shape index (κ2) is 8.32. The Morgan fingerprint density at radius 2 is 1.92 bits per heavy atom. The summed E-state index contributed by atoms with van der Waals surface area (Å²) in [5.41, 5.74) is 1.32. The van der Waals surface area contributed by atoms with Crippen molar-refractivity contribution in [1.82, 2.24) is 15.3 Å². The van der Waals surface area contributed by atoms with Gasteiger partial charge in [-0.05, 0) is 25.0 Å². The van der Waals surface area contributed by atoms with E-state index in [2.05, 4.69) is 25.9 Å². The molecular formula is C18H24N6O. The molecule has 1 aromatic carbocycles. The van der Waals surface area contributed by atoms with Crippen molar-refractivity contribution in [3.63, 3.8) is 0 Å². The molecule has 1 amide bonds. The lowest BCUT2D eigenvalue weighted by molar-refractivity contribution is 0.0959. The van der Waals surface area contributed by atoms with Crippen LogP contribution in [0, 0.1) is 0 Å². The zero-order chi connectivity index (χ0) is 17.5. The Morgan fingerprint density at radius 1 is 1.16 bits per heavy atom. The topological polar surface area (TPSA) is 94.2 Å². The normalized spacial score (nSPS) is 15.6. The van der Waals surface area contributed by atoms with Crippen LogP contribution in [0.3, 0.4) is 0 Å². The second-order valence-corrected chi connectivity index (χ2v) is 6.09. The molecule has 0 atom stereocenters. The highest BCUT2D eigenvalue weighted by molar-refractivity contribution is 6.07. The summed E-state index contributed by atoms with van der Waals surface area (Å²) in [5, 5.41) is 9.08. The number of aromatic amines is 1. The highest BCUT2D eigenvalue weighted by Gasteiger charge is 2.17. The summed E-state index contributed by atoms with van der Waals surface area (Å²) in [6.07, 6.45) is 7.36. The van der Waals surface area contributed by atoms with Crippen LogP contribution in [-0.4, -0.2) is 34.9 Å². The van der Waals surface area contributed by atoms with Gasteiger partial charge in [-0.25, -0.2) is 9.98 Å². The van der Waals surface area contributed by atoms with Crippen molar-refractivity contribution >= 4 is 23.4 Å². The SMILES string of the molecule is CNC(=O)c1[nH]cnc1NC(=NC1CCCCC1)Nc1ccccc1. The average Bonchev–Trinajstić information content (AvgIpc) is 3.11. The van der Waals surface area contributed by atoms with Crippen LogP contribution < -0.4 is 16.0 Å². The van der Waals surface area contributed by atoms with Crippen LogP contribution >= 0.6 is 0 Å². The fraction of sp³-hybridized carbons (Fsp3) is 0.389. The van der Waals surface area contributed by atoms with Gasteiger partial charge < -0.3 is 20.9 Å². The lowest BCUT2D eigenvalue weighted by Gasteiger charge is -2.20. The van der Waals surface area contributed by atoms with E-state index >= 15 is 0 Å². The van der Waals surface area contributed by atoms with Crippen LogP contribution in [0.15, 0.2) is 41.7 Å². The molecule has 1 fully saturated rings. The van der Waals surface area contributed by atoms with Crippen molar-refractivity contribution in [3.05, 3.63) is 42.4 Å². The predicted octanol–water partition coefficient (Wildman–Crippen LogP) is 2.98. The van der Waals surface area contributed by atoms with Crippen LogP contribution in [0.2, 0.25) is 0 Å². The number of hydrogen-bond acceptors (Lipinski definition) is 3. The molecule has 0 aliphatic heterocycles. The van der Waals surface area contributed by atoms with E-state index in [0.29, 0.717) is 17.5 Å². The van der Waals surface area contributed by atoms with Gasteiger partial charge in [-0.15, -0.1) is 0 Å². The Labute approximate surface area is 147 Å². The fourth-order valence-electron chi connectivity index (χ4n) is 2.95. The van der Waals surface area contributed by atoms with E-state index in [4.69, 9.17) is 4.99 Å². The van der Waals surface area contributed by atoms with Crippen molar-refractivity contribution in [2.24, 2.45) is 4.99 Å². The van der Waals surface area contributed by atoms with Crippen LogP contribution in [0.4, 0.5) is 11.5 Å². The van der Waals surface area contributed by atoms with Gasteiger partial charge in [-0.3, -0.25) is 4.79 Å². The van der Waals surface area contributed by atoms with E-state index in [1.54, 1.807) is 7.05 Å². The first-order valence-electron chi connectivity index (χ1n) is 8.68. The second-order valence-electron chi connectivity index (χ2n) is 6.09. The molecule has 1 aromatic heterocycles. The minimum atomic E-state index is -0.225. The minimum absolute atomic E-state index is 0.225. The number of carbonyl (C=O) groups excluding carboxylic acids is 1. The molecule has 7 heteroatoms. The number of aliphatic imine (C=N–C) groups is 1. The number of guanidine groups is 1. The molecule has 25 heavy (non-hydrogen) atoms. The molecule has 7 nitrogen and oxygen atoms in total. The minimum Gasteiger partial charge on any atom is -0.354 e. The Balaban J connectivity index is 1.82. The van der Waals surface area contributed by atoms with Gasteiger partial charge in [0.1, 0.15) is 5.69 Å². The Bertz CT molecular complexity index is 718. The van der Waals surface area contributed by atoms with Gasteiger partial charge in [0, 0.05) is 12.7 Å². The number of nitrogens with zero attached hydrogens (tertiary/aromatic N) is 2. The van der Waals surface area contributed by atoms with Crippen LogP contribution in [0.25, 0.3) is 0 Å². The van der Waals surface area contributed by atoms with Crippen molar-refractivity contribution in [1.29, 1.82) is 0 Å². The molecule has 0 radical (unpaired) electrons. The molecule has 0 saturated heterocycles. The summed E-state index contributed by atoms with van der Waals surface area (Å²) in [6.45, 7) is 0. The Kier molecular flexibility index (Phi) is 5.66. The maximum Gasteiger partial charge on any atom is 0.271 e. The highest BCUT2D eigenvalue weighted by atomic mass is 16.1. The maximum atomic E-state index is 11.9. The molecular weight excluding hydrogens is 316 g/mol. The van der Waals surface area contributed by atoms with Gasteiger partial charge in [0.2, 0.25) is 5.96 Å². The van der Waals surface area contributed by atoms with Gasteiger partial charge >= 0.3 is 0 Å². The first-order chi connectivity index (χ1) is 12.3. The molecule has 0 unspecified atom stereocenters. The quantitative estimate of drug-likeness (QED) is 0.508. The number of nitrogens with one attached hydrogen (secondary N) is 4. The number of carbonyl (C=O) groups is 1. The maximum absolute atomic E-state index is 11.9. The lowest BCUT2D eigenvalue weighted by Crippen LogP contribution is -2.28. The van der Waals surface area contributed by atoms with Gasteiger partial charge in [0.15, 0.2) is 5.82 Å². The number of amides is 1. The fourth-order valence-corrected chi connectivity index (χ4v) is 2.95. The van der Waals surface area contributed by atoms with Gasteiger partial charge in [0.25, 0.3) is 5.91 Å². The Morgan fingerprint density at radius 3 is 2.64 bits per heavy atom. The van der Waals surface area contributed by atoms with Crippen molar-refractivity contribution in [2.75, 3.05) is 17.7 Å². The third-order valence-electron chi connectivity index (χ3n) is 4.25. The van der Waals surface area contributed by atoms with Gasteiger partial charge in [0.05, 0.1) is 12.4 Å². The van der Waals surface area contributed by atoms with E-state index in [-0.39, 0.29) is 11.9 Å². The number of anilines is 2. The monoisotopic (exact) mass is 340 g/mol. The predicted molar refractivity (Wildman–Crippen MR) is 100.0 cm³/mol. The van der Waals surface area contributed by atoms with E-state index in [9.17, 15) is 4.79 Å². The largest absolute Gasteiger partial charge is 0.354 e. The number of rotatable bonds is 4. The summed E-state index contributed by atoms with van der Waals surface area (Å²) in [7, 11) is 1.59. The van der Waals surface area contributed by atoms with Gasteiger partial charge in [-0.2, -0.15) is 0 Å². The number of imidazole rings is 1. The molecule has 3 rings (SSSR count). The smallest absolute Gasteiger partial charge is 0.271 e. The highest BCUT2D eigenvalue weighted by Crippen LogP contribution is 2.21. The van der Waals surface area contributed by atoms with Crippen LogP contribution in [0.1, 0.15) is 42.6 Å². The van der Waals surface area contributed by atoms with Crippen LogP contribution in [-0.2, 0) is 0 Å². The molecule has 0 bridgehead atoms. The standard InChI is InChI=1S/C18H24N6O/c1-19-17(25)15-16(21-12-20-15)24-18(22-13-8-4-2-5-9-13)23-14-10-6-3-7-11-14/h2,4-5,8-9,12,14H,3,6-7,10-11H2,1H3,(H,19,25)(H,20,21)(H2,22,23,24). The Hall–Kier alpha value is -2.83. The summed E-state index contributed by atoms with van der Waals surface area (Å²) in [6, 6.07) is 10.1. The average molecular weight is 340 g/mol. The summed E-state index contributed by atoms with van der Waals surface area (Å²) < 4.78 is 0. The number of hydrogen-bond donors (Lipinski definition) is 4. The van der Waals surface area contributed by atoms with Crippen molar-refractivity contribution in [2.45, 2.75) is 38.1 Å². The lowest BCUT2D eigenvalue weighted by atomic mass is 9.96. The number of benzene rings is 1. The summed E-state index contributed by atoms with van der Waals surface area (Å²) in [4.78, 5) is 23.9. The van der Waals surface area contributed by atoms with E-state index < -0.39 is 0 Å². The number of aromatic nitrogens is 2. The first-order valence-corrected chi connectivity index (χ1v) is 8.68. The molecule has 132 valence electrons. The number of H-pyrrole nitrogens is 1. The first kappa shape index (κ1) is 17.0. The third kappa shape index (κ3) is 4.59. The van der Waals surface area contributed by atoms with E-state index in [1.807, 2.05) is 30.3 Å². The molecule has 2 aromatic rings. The molecule has 1 aliphatic carbocycles. The summed E-state index contributed by atoms with van der Waals surface area (Å²) >= 11 is 0. The third-order valence-corrected chi connectivity index (χ3v) is 4.25. The van der Waals surface area contributed by atoms with E-state index in [0.717, 1.165) is 18.5 Å². The zero-order valence-corrected chi connectivity index (χ0v) is 14.4. The molecule has 1 heterocycles. The molecule has 4 N–H and O–H groups in total. The number of para-hydroxylation sites is 1. The molecule has 0 spiro atoms. The van der Waals surface area contributed by atoms with Crippen molar-refractivity contribution in [3.8, 4) is 0 Å². The van der Waals surface area contributed by atoms with E-state index in [1.165, 1.54) is 25.6 Å².